The number of carbonyl (C=O) groups is 3. The van der Waals surface area contributed by atoms with Crippen molar-refractivity contribution < 1.29 is 14.4 Å². The molecular weight excluding hydrogens is 365 g/mol. The molecule has 2 N–H and O–H groups in total. The van der Waals surface area contributed by atoms with Crippen LogP contribution in [0.3, 0.4) is 0 Å². The topological polar surface area (TPSA) is 78.5 Å². The third-order valence-corrected chi connectivity index (χ3v) is 4.97. The van der Waals surface area contributed by atoms with E-state index in [0.717, 1.165) is 6.42 Å². The summed E-state index contributed by atoms with van der Waals surface area (Å²) in [6, 6.07) is 4.07. The van der Waals surface area contributed by atoms with Crippen molar-refractivity contribution in [1.82, 2.24) is 15.5 Å². The molecule has 2 heterocycles. The summed E-state index contributed by atoms with van der Waals surface area (Å²) in [5, 5.41) is 6.44. The van der Waals surface area contributed by atoms with Crippen LogP contribution in [-0.4, -0.2) is 47.8 Å². The predicted molar refractivity (Wildman–Crippen MR) is 94.7 cm³/mol. The predicted octanol–water partition coefficient (Wildman–Crippen LogP) is 1.99. The van der Waals surface area contributed by atoms with E-state index in [-0.39, 0.29) is 23.8 Å². The molecule has 2 fully saturated rings. The summed E-state index contributed by atoms with van der Waals surface area (Å²) in [5.41, 5.74) is 0.377. The first-order valence-corrected chi connectivity index (χ1v) is 9.04. The van der Waals surface area contributed by atoms with Crippen LogP contribution in [0, 0.1) is 0 Å². The van der Waals surface area contributed by atoms with E-state index in [1.165, 1.54) is 0 Å². The monoisotopic (exact) mass is 383 g/mol. The number of amides is 3. The van der Waals surface area contributed by atoms with E-state index in [0.29, 0.717) is 48.0 Å². The molecule has 3 rings (SSSR count). The molecule has 2 saturated heterocycles. The number of halogens is 2. The molecule has 2 atom stereocenters. The van der Waals surface area contributed by atoms with Crippen LogP contribution in [0.1, 0.15) is 36.0 Å². The lowest BCUT2D eigenvalue weighted by molar-refractivity contribution is -0.127. The number of rotatable bonds is 3. The smallest absolute Gasteiger partial charge is 0.254 e. The molecule has 25 heavy (non-hydrogen) atoms. The van der Waals surface area contributed by atoms with Gasteiger partial charge < -0.3 is 15.5 Å². The SMILES string of the molecule is O=C1CCC(NC(=O)C2CCCN2C(=O)c2cc(Cl)cc(Cl)c2)CN1. The van der Waals surface area contributed by atoms with Crippen molar-refractivity contribution in [2.45, 2.75) is 37.8 Å². The van der Waals surface area contributed by atoms with Crippen molar-refractivity contribution in [2.24, 2.45) is 0 Å². The van der Waals surface area contributed by atoms with Crippen LogP contribution in [0.4, 0.5) is 0 Å². The zero-order valence-electron chi connectivity index (χ0n) is 13.6. The lowest BCUT2D eigenvalue weighted by Crippen LogP contribution is -2.53. The summed E-state index contributed by atoms with van der Waals surface area (Å²) < 4.78 is 0. The number of nitrogens with zero attached hydrogens (tertiary/aromatic N) is 1. The van der Waals surface area contributed by atoms with E-state index >= 15 is 0 Å². The Bertz CT molecular complexity index is 680. The average molecular weight is 384 g/mol. The van der Waals surface area contributed by atoms with Crippen LogP contribution in [0.15, 0.2) is 18.2 Å². The summed E-state index contributed by atoms with van der Waals surface area (Å²) in [5.74, 6) is -0.430. The van der Waals surface area contributed by atoms with Crippen molar-refractivity contribution in [3.63, 3.8) is 0 Å². The first kappa shape index (κ1) is 18.0. The van der Waals surface area contributed by atoms with Crippen molar-refractivity contribution in [2.75, 3.05) is 13.1 Å². The maximum atomic E-state index is 12.8. The Balaban J connectivity index is 1.68. The van der Waals surface area contributed by atoms with Gasteiger partial charge in [0.25, 0.3) is 5.91 Å². The molecule has 8 heteroatoms. The van der Waals surface area contributed by atoms with Gasteiger partial charge in [0.05, 0.1) is 0 Å². The van der Waals surface area contributed by atoms with E-state index in [4.69, 9.17) is 23.2 Å². The van der Waals surface area contributed by atoms with Gasteiger partial charge in [0.1, 0.15) is 6.04 Å². The summed E-state index contributed by atoms with van der Waals surface area (Å²) in [7, 11) is 0. The van der Waals surface area contributed by atoms with Gasteiger partial charge in [-0.15, -0.1) is 0 Å². The number of hydrogen-bond donors (Lipinski definition) is 2. The summed E-state index contributed by atoms with van der Waals surface area (Å²) >= 11 is 11.9. The van der Waals surface area contributed by atoms with E-state index in [2.05, 4.69) is 10.6 Å². The van der Waals surface area contributed by atoms with Gasteiger partial charge in [-0.1, -0.05) is 23.2 Å². The third kappa shape index (κ3) is 4.25. The number of carbonyl (C=O) groups excluding carboxylic acids is 3. The molecule has 2 aliphatic rings. The highest BCUT2D eigenvalue weighted by molar-refractivity contribution is 6.35. The van der Waals surface area contributed by atoms with Crippen LogP contribution in [0.25, 0.3) is 0 Å². The largest absolute Gasteiger partial charge is 0.354 e. The van der Waals surface area contributed by atoms with Crippen molar-refractivity contribution in [1.29, 1.82) is 0 Å². The molecule has 0 aliphatic carbocycles. The second-order valence-corrected chi connectivity index (χ2v) is 7.24. The number of hydrogen-bond acceptors (Lipinski definition) is 3. The first-order chi connectivity index (χ1) is 11.9. The van der Waals surface area contributed by atoms with E-state index in [9.17, 15) is 14.4 Å². The maximum Gasteiger partial charge on any atom is 0.254 e. The molecule has 6 nitrogen and oxygen atoms in total. The Kier molecular flexibility index (Phi) is 5.49. The minimum Gasteiger partial charge on any atom is -0.354 e. The third-order valence-electron chi connectivity index (χ3n) is 4.54. The summed E-state index contributed by atoms with van der Waals surface area (Å²) in [4.78, 5) is 38.2. The lowest BCUT2D eigenvalue weighted by atomic mass is 10.1. The zero-order chi connectivity index (χ0) is 18.0. The van der Waals surface area contributed by atoms with Gasteiger partial charge in [0, 0.05) is 41.2 Å². The molecule has 2 unspecified atom stereocenters. The highest BCUT2D eigenvalue weighted by atomic mass is 35.5. The highest BCUT2D eigenvalue weighted by Crippen LogP contribution is 2.24. The fourth-order valence-electron chi connectivity index (χ4n) is 3.28. The van der Waals surface area contributed by atoms with Crippen molar-refractivity contribution in [3.05, 3.63) is 33.8 Å². The minimum absolute atomic E-state index is 0.000930. The molecule has 0 radical (unpaired) electrons. The van der Waals surface area contributed by atoms with Crippen LogP contribution >= 0.6 is 23.2 Å². The normalized spacial score (nSPS) is 23.3. The maximum absolute atomic E-state index is 12.8. The molecule has 134 valence electrons. The summed E-state index contributed by atoms with van der Waals surface area (Å²) in [6.45, 7) is 0.942. The van der Waals surface area contributed by atoms with E-state index in [1.807, 2.05) is 0 Å². The van der Waals surface area contributed by atoms with Gasteiger partial charge in [0.2, 0.25) is 11.8 Å². The zero-order valence-corrected chi connectivity index (χ0v) is 15.1. The van der Waals surface area contributed by atoms with E-state index in [1.54, 1.807) is 23.1 Å². The standard InChI is InChI=1S/C17H19Cl2N3O3/c18-11-6-10(7-12(19)8-11)17(25)22-5-1-2-14(22)16(24)21-13-3-4-15(23)20-9-13/h6-8,13-14H,1-5,9H2,(H,20,23)(H,21,24). The molecule has 0 saturated carbocycles. The fourth-order valence-corrected chi connectivity index (χ4v) is 3.80. The molecule has 1 aromatic carbocycles. The fraction of sp³-hybridized carbons (Fsp3) is 0.471. The molecule has 0 aromatic heterocycles. The van der Waals surface area contributed by atoms with Gasteiger partial charge in [-0.25, -0.2) is 0 Å². The second-order valence-electron chi connectivity index (χ2n) is 6.36. The molecule has 0 spiro atoms. The Morgan fingerprint density at radius 1 is 1.16 bits per heavy atom. The van der Waals surface area contributed by atoms with Gasteiger partial charge in [0.15, 0.2) is 0 Å². The van der Waals surface area contributed by atoms with Crippen molar-refractivity contribution in [3.8, 4) is 0 Å². The Morgan fingerprint density at radius 2 is 1.88 bits per heavy atom. The number of piperidine rings is 1. The van der Waals surface area contributed by atoms with Crippen LogP contribution in [0.2, 0.25) is 10.0 Å². The molecule has 0 bridgehead atoms. The summed E-state index contributed by atoms with van der Waals surface area (Å²) in [6.07, 6.45) is 2.39. The van der Waals surface area contributed by atoms with Gasteiger partial charge in [-0.3, -0.25) is 14.4 Å². The van der Waals surface area contributed by atoms with Gasteiger partial charge in [-0.2, -0.15) is 0 Å². The first-order valence-electron chi connectivity index (χ1n) is 8.28. The van der Waals surface area contributed by atoms with Crippen LogP contribution in [0.5, 0.6) is 0 Å². The number of benzene rings is 1. The van der Waals surface area contributed by atoms with Crippen molar-refractivity contribution >= 4 is 40.9 Å². The number of likely N-dealkylation sites (tertiary alicyclic amines) is 1. The molecule has 2 aliphatic heterocycles. The quantitative estimate of drug-likeness (QED) is 0.837. The van der Waals surface area contributed by atoms with Gasteiger partial charge >= 0.3 is 0 Å². The van der Waals surface area contributed by atoms with Crippen LogP contribution < -0.4 is 10.6 Å². The second kappa shape index (κ2) is 7.62. The Labute approximate surface area is 155 Å². The molecular formula is C17H19Cl2N3O3. The lowest BCUT2D eigenvalue weighted by Gasteiger charge is -2.28. The Hall–Kier alpha value is -1.79. The number of nitrogens with one attached hydrogen (secondary N) is 2. The molecule has 1 aromatic rings. The van der Waals surface area contributed by atoms with Crippen LogP contribution in [-0.2, 0) is 9.59 Å². The highest BCUT2D eigenvalue weighted by Gasteiger charge is 2.35. The minimum atomic E-state index is -0.511. The van der Waals surface area contributed by atoms with Gasteiger partial charge in [-0.05, 0) is 37.5 Å². The van der Waals surface area contributed by atoms with E-state index < -0.39 is 6.04 Å². The average Bonchev–Trinajstić information content (AvgIpc) is 3.05. The Morgan fingerprint density at radius 3 is 2.52 bits per heavy atom. The molecule has 3 amide bonds.